The van der Waals surface area contributed by atoms with Crippen LogP contribution in [-0.4, -0.2) is 62.1 Å². The zero-order valence-corrected chi connectivity index (χ0v) is 19.8. The van der Waals surface area contributed by atoms with E-state index in [1.165, 1.54) is 12.1 Å². The molecule has 3 unspecified atom stereocenters. The fraction of sp³-hybridized carbons (Fsp3) is 0.480. The van der Waals surface area contributed by atoms with Crippen molar-refractivity contribution in [1.29, 1.82) is 0 Å². The van der Waals surface area contributed by atoms with Crippen LogP contribution < -0.4 is 26.0 Å². The highest BCUT2D eigenvalue weighted by Crippen LogP contribution is 2.33. The molecule has 1 amide bonds. The fourth-order valence-corrected chi connectivity index (χ4v) is 4.89. The molecule has 4 N–H and O–H groups in total. The van der Waals surface area contributed by atoms with Gasteiger partial charge in [-0.2, -0.15) is 10.2 Å². The number of rotatable bonds is 8. The molecule has 5 rings (SSSR count). The van der Waals surface area contributed by atoms with Gasteiger partial charge in [0.05, 0.1) is 12.6 Å². The molecule has 2 aromatic carbocycles. The van der Waals surface area contributed by atoms with Gasteiger partial charge in [-0.05, 0) is 43.7 Å². The first-order chi connectivity index (χ1) is 17.1. The molecule has 0 bridgehead atoms. The maximum Gasteiger partial charge on any atom is 0.251 e. The quantitative estimate of drug-likeness (QED) is 0.463. The SMILES string of the molecule is CCCN1C(CNc2cccc(C(=O)N[C@H]3COc4cc(F)ccc43)c2)N=NC1C1CCNCN1. The number of benzene rings is 2. The van der Waals surface area contributed by atoms with Gasteiger partial charge in [0.15, 0.2) is 0 Å². The number of hydrogen-bond acceptors (Lipinski definition) is 8. The number of carbonyl (C=O) groups is 1. The summed E-state index contributed by atoms with van der Waals surface area (Å²) >= 11 is 0. The number of halogens is 1. The lowest BCUT2D eigenvalue weighted by molar-refractivity contribution is 0.0930. The minimum absolute atomic E-state index is 0.0472. The maximum atomic E-state index is 13.4. The van der Waals surface area contributed by atoms with Gasteiger partial charge in [0, 0.05) is 42.1 Å². The van der Waals surface area contributed by atoms with E-state index in [0.29, 0.717) is 23.9 Å². The highest BCUT2D eigenvalue weighted by molar-refractivity contribution is 5.95. The number of nitrogens with one attached hydrogen (secondary N) is 4. The molecular formula is C25H32FN7O2. The lowest BCUT2D eigenvalue weighted by atomic mass is 10.1. The van der Waals surface area contributed by atoms with Gasteiger partial charge in [-0.1, -0.05) is 19.1 Å². The van der Waals surface area contributed by atoms with Crippen molar-refractivity contribution < 1.29 is 13.9 Å². The molecule has 1 fully saturated rings. The van der Waals surface area contributed by atoms with Crippen LogP contribution in [0.5, 0.6) is 5.75 Å². The summed E-state index contributed by atoms with van der Waals surface area (Å²) in [5.41, 5.74) is 2.17. The highest BCUT2D eigenvalue weighted by Gasteiger charge is 2.36. The van der Waals surface area contributed by atoms with Crippen molar-refractivity contribution >= 4 is 11.6 Å². The van der Waals surface area contributed by atoms with Crippen LogP contribution in [0, 0.1) is 5.82 Å². The van der Waals surface area contributed by atoms with Crippen LogP contribution in [0.2, 0.25) is 0 Å². The van der Waals surface area contributed by atoms with Crippen molar-refractivity contribution in [3.63, 3.8) is 0 Å². The normalized spacial score (nSPS) is 25.8. The minimum Gasteiger partial charge on any atom is -0.491 e. The molecule has 0 aliphatic carbocycles. The Morgan fingerprint density at radius 3 is 3.00 bits per heavy atom. The Balaban J connectivity index is 1.19. The Morgan fingerprint density at radius 2 is 2.17 bits per heavy atom. The smallest absolute Gasteiger partial charge is 0.251 e. The summed E-state index contributed by atoms with van der Waals surface area (Å²) in [6.07, 6.45) is 2.04. The topological polar surface area (TPSA) is 102 Å². The zero-order chi connectivity index (χ0) is 24.2. The summed E-state index contributed by atoms with van der Waals surface area (Å²) in [5.74, 6) is -0.0807. The van der Waals surface area contributed by atoms with Crippen LogP contribution >= 0.6 is 0 Å². The van der Waals surface area contributed by atoms with E-state index in [9.17, 15) is 9.18 Å². The van der Waals surface area contributed by atoms with E-state index in [1.807, 2.05) is 18.2 Å². The Hall–Kier alpha value is -3.08. The Labute approximate surface area is 204 Å². The summed E-state index contributed by atoms with van der Waals surface area (Å²) < 4.78 is 19.0. The number of fused-ring (bicyclic) bond motifs is 1. The Bertz CT molecular complexity index is 1080. The van der Waals surface area contributed by atoms with E-state index in [2.05, 4.69) is 43.3 Å². The molecule has 2 aromatic rings. The van der Waals surface area contributed by atoms with Crippen molar-refractivity contribution in [1.82, 2.24) is 20.9 Å². The predicted molar refractivity (Wildman–Crippen MR) is 131 cm³/mol. The van der Waals surface area contributed by atoms with E-state index in [-0.39, 0.29) is 36.7 Å². The summed E-state index contributed by atoms with van der Waals surface area (Å²) in [6, 6.07) is 11.8. The van der Waals surface area contributed by atoms with Crippen LogP contribution in [0.4, 0.5) is 10.1 Å². The van der Waals surface area contributed by atoms with Crippen LogP contribution in [0.15, 0.2) is 52.7 Å². The number of ether oxygens (including phenoxy) is 1. The molecule has 0 radical (unpaired) electrons. The molecule has 3 aliphatic heterocycles. The van der Waals surface area contributed by atoms with Crippen molar-refractivity contribution in [3.05, 3.63) is 59.4 Å². The first-order valence-electron chi connectivity index (χ1n) is 12.3. The standard InChI is InChI=1S/C25H32FN7O2/c1-2-10-33-23(31-32-24(33)20-8-9-27-15-29-20)13-28-18-5-3-4-16(11-18)25(34)30-21-14-35-22-12-17(26)6-7-19(21)22/h3-7,11-12,20-21,23-24,27-29H,2,8-10,13-15H2,1H3,(H,30,34)/t20?,21-,23?,24?/m0/s1. The molecule has 4 atom stereocenters. The number of carbonyl (C=O) groups excluding carboxylic acids is 1. The van der Waals surface area contributed by atoms with Gasteiger partial charge in [0.25, 0.3) is 5.91 Å². The minimum atomic E-state index is -0.355. The molecule has 3 heterocycles. The predicted octanol–water partition coefficient (Wildman–Crippen LogP) is 2.84. The fourth-order valence-electron chi connectivity index (χ4n) is 4.89. The maximum absolute atomic E-state index is 13.4. The van der Waals surface area contributed by atoms with Gasteiger partial charge in [0.2, 0.25) is 0 Å². The number of nitrogens with zero attached hydrogens (tertiary/aromatic N) is 3. The molecule has 35 heavy (non-hydrogen) atoms. The average Bonchev–Trinajstić information content (AvgIpc) is 3.47. The van der Waals surface area contributed by atoms with E-state index in [0.717, 1.165) is 43.9 Å². The first-order valence-corrected chi connectivity index (χ1v) is 12.3. The molecule has 0 saturated carbocycles. The van der Waals surface area contributed by atoms with Crippen molar-refractivity contribution in [3.8, 4) is 5.75 Å². The van der Waals surface area contributed by atoms with Crippen molar-refractivity contribution in [2.75, 3.05) is 38.2 Å². The second-order valence-corrected chi connectivity index (χ2v) is 9.12. The average molecular weight is 482 g/mol. The molecule has 0 aromatic heterocycles. The largest absolute Gasteiger partial charge is 0.491 e. The summed E-state index contributed by atoms with van der Waals surface area (Å²) in [7, 11) is 0. The van der Waals surface area contributed by atoms with Gasteiger partial charge >= 0.3 is 0 Å². The van der Waals surface area contributed by atoms with Gasteiger partial charge in [-0.15, -0.1) is 0 Å². The zero-order valence-electron chi connectivity index (χ0n) is 19.8. The summed E-state index contributed by atoms with van der Waals surface area (Å²) in [4.78, 5) is 15.3. The van der Waals surface area contributed by atoms with Crippen LogP contribution in [-0.2, 0) is 0 Å². The summed E-state index contributed by atoms with van der Waals surface area (Å²) in [6.45, 7) is 5.76. The molecule has 0 spiro atoms. The van der Waals surface area contributed by atoms with Gasteiger partial charge in [-0.25, -0.2) is 4.39 Å². The lowest BCUT2D eigenvalue weighted by Gasteiger charge is -2.34. The van der Waals surface area contributed by atoms with E-state index in [4.69, 9.17) is 4.74 Å². The van der Waals surface area contributed by atoms with Crippen LogP contribution in [0.1, 0.15) is 41.7 Å². The summed E-state index contributed by atoms with van der Waals surface area (Å²) in [5, 5.41) is 22.4. The number of amides is 1. The third kappa shape index (κ3) is 5.29. The number of anilines is 1. The third-order valence-electron chi connectivity index (χ3n) is 6.68. The Morgan fingerprint density at radius 1 is 1.26 bits per heavy atom. The third-order valence-corrected chi connectivity index (χ3v) is 6.68. The lowest BCUT2D eigenvalue weighted by Crippen LogP contribution is -2.56. The second-order valence-electron chi connectivity index (χ2n) is 9.12. The molecule has 1 saturated heterocycles. The van der Waals surface area contributed by atoms with Gasteiger partial charge < -0.3 is 20.7 Å². The molecule has 10 heteroatoms. The van der Waals surface area contributed by atoms with Crippen LogP contribution in [0.25, 0.3) is 0 Å². The van der Waals surface area contributed by atoms with Crippen molar-refractivity contribution in [2.24, 2.45) is 10.2 Å². The van der Waals surface area contributed by atoms with Crippen molar-refractivity contribution in [2.45, 2.75) is 44.2 Å². The second kappa shape index (κ2) is 10.7. The molecule has 186 valence electrons. The van der Waals surface area contributed by atoms with Gasteiger partial charge in [0.1, 0.15) is 30.5 Å². The Kier molecular flexibility index (Phi) is 7.21. The number of hydrogen-bond donors (Lipinski definition) is 4. The number of azo groups is 1. The van der Waals surface area contributed by atoms with Gasteiger partial charge in [-0.3, -0.25) is 15.0 Å². The highest BCUT2D eigenvalue weighted by atomic mass is 19.1. The molecule has 9 nitrogen and oxygen atoms in total. The van der Waals surface area contributed by atoms with Crippen LogP contribution in [0.3, 0.4) is 0 Å². The van der Waals surface area contributed by atoms with E-state index < -0.39 is 0 Å². The van der Waals surface area contributed by atoms with E-state index >= 15 is 0 Å². The van der Waals surface area contributed by atoms with E-state index in [1.54, 1.807) is 12.1 Å². The monoisotopic (exact) mass is 481 g/mol. The molecular weight excluding hydrogens is 449 g/mol. The molecule has 3 aliphatic rings. The first kappa shape index (κ1) is 23.7.